The molecule has 1 saturated carbocycles. The fourth-order valence-corrected chi connectivity index (χ4v) is 2.83. The molecule has 2 atom stereocenters. The van der Waals surface area contributed by atoms with Crippen LogP contribution in [0.2, 0.25) is 0 Å². The molecule has 0 saturated heterocycles. The van der Waals surface area contributed by atoms with Gasteiger partial charge in [-0.15, -0.1) is 0 Å². The van der Waals surface area contributed by atoms with Gasteiger partial charge in [-0.05, 0) is 36.1 Å². The molecular formula is C23H30O4. The average Bonchev–Trinajstić information content (AvgIpc) is 2.87. The third kappa shape index (κ3) is 10.2. The van der Waals surface area contributed by atoms with Gasteiger partial charge in [0.15, 0.2) is 0 Å². The molecule has 2 aromatic rings. The summed E-state index contributed by atoms with van der Waals surface area (Å²) < 4.78 is 0. The topological polar surface area (TPSA) is 74.6 Å². The van der Waals surface area contributed by atoms with Crippen LogP contribution in [0.15, 0.2) is 60.7 Å². The SMILES string of the molecule is CC1CCCC(C)CC1.O=C(O)c1ccccc1.O=C(O)c1ccccc1. The van der Waals surface area contributed by atoms with E-state index >= 15 is 0 Å². The lowest BCUT2D eigenvalue weighted by atomic mass is 10.0. The van der Waals surface area contributed by atoms with Crippen molar-refractivity contribution in [2.45, 2.75) is 46.0 Å². The Morgan fingerprint density at radius 1 is 0.667 bits per heavy atom. The quantitative estimate of drug-likeness (QED) is 0.637. The van der Waals surface area contributed by atoms with Crippen molar-refractivity contribution >= 4 is 11.9 Å². The number of carboxylic acid groups (broad SMARTS) is 2. The molecular weight excluding hydrogens is 340 g/mol. The minimum Gasteiger partial charge on any atom is -0.478 e. The van der Waals surface area contributed by atoms with Crippen LogP contribution in [0.1, 0.15) is 66.7 Å². The normalized spacial score (nSPS) is 18.6. The molecule has 0 aliphatic heterocycles. The summed E-state index contributed by atoms with van der Waals surface area (Å²) in [4.78, 5) is 20.4. The fraction of sp³-hybridized carbons (Fsp3) is 0.391. The summed E-state index contributed by atoms with van der Waals surface area (Å²) in [5, 5.41) is 16.8. The van der Waals surface area contributed by atoms with Crippen molar-refractivity contribution in [2.75, 3.05) is 0 Å². The van der Waals surface area contributed by atoms with Crippen LogP contribution in [-0.2, 0) is 0 Å². The van der Waals surface area contributed by atoms with E-state index in [-0.39, 0.29) is 0 Å². The smallest absolute Gasteiger partial charge is 0.335 e. The van der Waals surface area contributed by atoms with Gasteiger partial charge in [0.05, 0.1) is 11.1 Å². The highest BCUT2D eigenvalue weighted by Gasteiger charge is 2.11. The molecule has 2 aromatic carbocycles. The second-order valence-electron chi connectivity index (χ2n) is 7.06. The summed E-state index contributed by atoms with van der Waals surface area (Å²) in [6.45, 7) is 4.77. The second kappa shape index (κ2) is 12.7. The molecule has 3 rings (SSSR count). The van der Waals surface area contributed by atoms with Crippen LogP contribution in [0, 0.1) is 11.8 Å². The van der Waals surface area contributed by atoms with Gasteiger partial charge in [-0.1, -0.05) is 82.3 Å². The molecule has 1 aliphatic carbocycles. The number of hydrogen-bond acceptors (Lipinski definition) is 2. The molecule has 146 valence electrons. The van der Waals surface area contributed by atoms with Gasteiger partial charge in [-0.25, -0.2) is 9.59 Å². The van der Waals surface area contributed by atoms with E-state index in [1.54, 1.807) is 60.7 Å². The zero-order valence-corrected chi connectivity index (χ0v) is 16.2. The Morgan fingerprint density at radius 3 is 1.26 bits per heavy atom. The molecule has 0 spiro atoms. The first-order chi connectivity index (χ1) is 12.9. The summed E-state index contributed by atoms with van der Waals surface area (Å²) in [6.07, 6.45) is 7.37. The van der Waals surface area contributed by atoms with E-state index in [0.29, 0.717) is 11.1 Å². The van der Waals surface area contributed by atoms with Gasteiger partial charge < -0.3 is 10.2 Å². The van der Waals surface area contributed by atoms with Crippen molar-refractivity contribution in [3.05, 3.63) is 71.8 Å². The van der Waals surface area contributed by atoms with Crippen molar-refractivity contribution < 1.29 is 19.8 Å². The van der Waals surface area contributed by atoms with Crippen LogP contribution in [0.4, 0.5) is 0 Å². The number of rotatable bonds is 2. The average molecular weight is 370 g/mol. The summed E-state index contributed by atoms with van der Waals surface area (Å²) in [5.41, 5.74) is 0.662. The lowest BCUT2D eigenvalue weighted by molar-refractivity contribution is 0.0686. The van der Waals surface area contributed by atoms with Gasteiger partial charge in [-0.3, -0.25) is 0 Å². The Hall–Kier alpha value is -2.62. The number of carbonyl (C=O) groups is 2. The fourth-order valence-electron chi connectivity index (χ4n) is 2.83. The van der Waals surface area contributed by atoms with Gasteiger partial charge >= 0.3 is 11.9 Å². The highest BCUT2D eigenvalue weighted by Crippen LogP contribution is 2.25. The zero-order chi connectivity index (χ0) is 20.1. The Labute approximate surface area is 161 Å². The van der Waals surface area contributed by atoms with Crippen molar-refractivity contribution in [1.29, 1.82) is 0 Å². The summed E-state index contributed by atoms with van der Waals surface area (Å²) in [7, 11) is 0. The van der Waals surface area contributed by atoms with Gasteiger partial charge in [0.25, 0.3) is 0 Å². The van der Waals surface area contributed by atoms with Gasteiger partial charge in [0.2, 0.25) is 0 Å². The summed E-state index contributed by atoms with van der Waals surface area (Å²) in [6, 6.07) is 16.6. The molecule has 2 N–H and O–H groups in total. The third-order valence-corrected chi connectivity index (χ3v) is 4.59. The van der Waals surface area contributed by atoms with E-state index in [1.807, 2.05) is 0 Å². The molecule has 0 aromatic heterocycles. The molecule has 1 aliphatic rings. The van der Waals surface area contributed by atoms with Gasteiger partial charge in [0, 0.05) is 0 Å². The number of carboxylic acids is 2. The monoisotopic (exact) mass is 370 g/mol. The van der Waals surface area contributed by atoms with Crippen molar-refractivity contribution in [1.82, 2.24) is 0 Å². The Kier molecular flexibility index (Phi) is 10.5. The largest absolute Gasteiger partial charge is 0.478 e. The van der Waals surface area contributed by atoms with Crippen LogP contribution in [0.3, 0.4) is 0 Å². The maximum Gasteiger partial charge on any atom is 0.335 e. The third-order valence-electron chi connectivity index (χ3n) is 4.59. The number of hydrogen-bond donors (Lipinski definition) is 2. The first kappa shape index (κ1) is 22.4. The van der Waals surface area contributed by atoms with E-state index in [4.69, 9.17) is 10.2 Å². The van der Waals surface area contributed by atoms with E-state index in [1.165, 1.54) is 32.1 Å². The second-order valence-corrected chi connectivity index (χ2v) is 7.06. The highest BCUT2D eigenvalue weighted by atomic mass is 16.4. The van der Waals surface area contributed by atoms with Crippen LogP contribution < -0.4 is 0 Å². The maximum atomic E-state index is 10.2. The first-order valence-corrected chi connectivity index (χ1v) is 9.46. The molecule has 0 radical (unpaired) electrons. The molecule has 0 amide bonds. The Morgan fingerprint density at radius 2 is 1.00 bits per heavy atom. The summed E-state index contributed by atoms with van der Waals surface area (Å²) >= 11 is 0. The standard InChI is InChI=1S/C9H18.2C7H6O2/c1-8-4-3-5-9(2)7-6-8;2*8-7(9)6-4-2-1-3-5-6/h8-9H,3-7H2,1-2H3;2*1-5H,(H,8,9). The molecule has 4 heteroatoms. The van der Waals surface area contributed by atoms with Crippen LogP contribution in [-0.4, -0.2) is 22.2 Å². The minimum atomic E-state index is -0.879. The molecule has 1 fully saturated rings. The molecule has 2 unspecified atom stereocenters. The van der Waals surface area contributed by atoms with Gasteiger partial charge in [0.1, 0.15) is 0 Å². The van der Waals surface area contributed by atoms with E-state index < -0.39 is 11.9 Å². The molecule has 0 heterocycles. The number of benzene rings is 2. The lowest BCUT2D eigenvalue weighted by Gasteiger charge is -2.05. The predicted octanol–water partition coefficient (Wildman–Crippen LogP) is 5.99. The van der Waals surface area contributed by atoms with Crippen molar-refractivity contribution in [2.24, 2.45) is 11.8 Å². The summed E-state index contributed by atoms with van der Waals surface area (Å²) in [5.74, 6) is 0.260. The minimum absolute atomic E-state index is 0.331. The van der Waals surface area contributed by atoms with Gasteiger partial charge in [-0.2, -0.15) is 0 Å². The van der Waals surface area contributed by atoms with E-state index in [9.17, 15) is 9.59 Å². The predicted molar refractivity (Wildman–Crippen MR) is 108 cm³/mol. The molecule has 4 nitrogen and oxygen atoms in total. The van der Waals surface area contributed by atoms with E-state index in [2.05, 4.69) is 13.8 Å². The molecule has 27 heavy (non-hydrogen) atoms. The van der Waals surface area contributed by atoms with Crippen LogP contribution in [0.5, 0.6) is 0 Å². The lowest BCUT2D eigenvalue weighted by Crippen LogP contribution is -1.93. The number of aromatic carboxylic acids is 2. The first-order valence-electron chi connectivity index (χ1n) is 9.46. The van der Waals surface area contributed by atoms with Crippen molar-refractivity contribution in [3.63, 3.8) is 0 Å². The zero-order valence-electron chi connectivity index (χ0n) is 16.2. The Balaban J connectivity index is 0.000000202. The highest BCUT2D eigenvalue weighted by molar-refractivity contribution is 5.87. The van der Waals surface area contributed by atoms with Crippen LogP contribution in [0.25, 0.3) is 0 Å². The Bertz CT molecular complexity index is 608. The maximum absolute atomic E-state index is 10.2. The molecule has 0 bridgehead atoms. The van der Waals surface area contributed by atoms with Crippen molar-refractivity contribution in [3.8, 4) is 0 Å². The van der Waals surface area contributed by atoms with Crippen LogP contribution >= 0.6 is 0 Å². The van der Waals surface area contributed by atoms with E-state index in [0.717, 1.165) is 11.8 Å².